The van der Waals surface area contributed by atoms with Crippen LogP contribution in [0.4, 0.5) is 0 Å². The molecule has 12 nitrogen and oxygen atoms in total. The first kappa shape index (κ1) is 35.2. The fourth-order valence-electron chi connectivity index (χ4n) is 7.27. The highest BCUT2D eigenvalue weighted by Crippen LogP contribution is 2.42. The number of thiazole rings is 1. The Morgan fingerprint density at radius 1 is 1.24 bits per heavy atom. The van der Waals surface area contributed by atoms with Crippen molar-refractivity contribution in [3.8, 4) is 22.5 Å². The molecule has 2 N–H and O–H groups in total. The molecule has 0 radical (unpaired) electrons. The largest absolute Gasteiger partial charge is 0.464 e. The van der Waals surface area contributed by atoms with Crippen molar-refractivity contribution in [1.29, 1.82) is 0 Å². The summed E-state index contributed by atoms with van der Waals surface area (Å²) in [6.45, 7) is 10.2. The number of ether oxygens (including phenoxy) is 3. The summed E-state index contributed by atoms with van der Waals surface area (Å²) in [5, 5.41) is 8.19. The average molecular weight is 715 g/mol. The van der Waals surface area contributed by atoms with Crippen LogP contribution in [0.3, 0.4) is 0 Å². The molecule has 2 fully saturated rings. The van der Waals surface area contributed by atoms with Crippen LogP contribution in [0.25, 0.3) is 33.4 Å². The Morgan fingerprint density at radius 3 is 2.80 bits per heavy atom. The molecule has 13 heteroatoms. The van der Waals surface area contributed by atoms with E-state index in [1.54, 1.807) is 13.3 Å². The standard InChI is InChI=1S/C38H46N6O6S/c1-6-43-30-12-11-23-17-25(30)26(34(43)24-9-7-14-39-33(24)22(2)48-5)19-38(3,4)21-50-37(47)27-10-8-15-44(42-27)36(46)28(18-32-40-29(23)20-51-32)41-35(45)31-13-16-49-31/h7,9,11-12,14,17,20,22,27-28,31,42H,6,8,10,13,15-16,18-19,21H2,1-5H3,(H,41,45)/t22-,27-,28-,31+/m0/s1. The molecule has 0 saturated carbocycles. The fraction of sp³-hybridized carbons (Fsp3) is 0.500. The first-order valence-corrected chi connectivity index (χ1v) is 18.7. The van der Waals surface area contributed by atoms with Crippen LogP contribution in [0.2, 0.25) is 0 Å². The van der Waals surface area contributed by atoms with Crippen molar-refractivity contribution in [2.45, 2.75) is 90.6 Å². The number of benzene rings is 1. The summed E-state index contributed by atoms with van der Waals surface area (Å²) in [5.74, 6) is -1.05. The van der Waals surface area contributed by atoms with Gasteiger partial charge in [0.1, 0.15) is 18.2 Å². The highest BCUT2D eigenvalue weighted by atomic mass is 32.1. The van der Waals surface area contributed by atoms with Gasteiger partial charge >= 0.3 is 5.97 Å². The van der Waals surface area contributed by atoms with E-state index in [2.05, 4.69) is 60.3 Å². The molecule has 1 aromatic carbocycles. The smallest absolute Gasteiger partial charge is 0.324 e. The Labute approximate surface area is 301 Å². The van der Waals surface area contributed by atoms with Gasteiger partial charge in [-0.15, -0.1) is 11.3 Å². The molecule has 3 aliphatic heterocycles. The Bertz CT molecular complexity index is 1950. The average Bonchev–Trinajstić information content (AvgIpc) is 3.70. The predicted octanol–water partition coefficient (Wildman–Crippen LogP) is 4.99. The van der Waals surface area contributed by atoms with E-state index in [-0.39, 0.29) is 30.9 Å². The number of fused-ring (bicyclic) bond motifs is 6. The number of cyclic esters (lactones) is 1. The molecule has 4 aromatic rings. The van der Waals surface area contributed by atoms with E-state index in [0.29, 0.717) is 43.8 Å². The third-order valence-corrected chi connectivity index (χ3v) is 11.0. The maximum absolute atomic E-state index is 14.0. The molecule has 7 rings (SSSR count). The number of methoxy groups -OCH3 is 1. The van der Waals surface area contributed by atoms with Crippen molar-refractivity contribution in [1.82, 2.24) is 30.3 Å². The second kappa shape index (κ2) is 14.5. The SMILES string of the molecule is CCn1c(-c2cccnc2[C@H](C)OC)c2c3cc(ccc31)-c1csc(n1)C[C@H](NC(=O)[C@H]1CCO1)C(=O)N1CCC[C@H](N1)C(=O)OCC(C)(C)C2. The molecule has 2 amide bonds. The van der Waals surface area contributed by atoms with Crippen molar-refractivity contribution in [3.63, 3.8) is 0 Å². The molecule has 2 saturated heterocycles. The van der Waals surface area contributed by atoms with Crippen LogP contribution in [-0.4, -0.2) is 82.4 Å². The number of aryl methyl sites for hydroxylation is 1. The minimum Gasteiger partial charge on any atom is -0.464 e. The third kappa shape index (κ3) is 7.04. The van der Waals surface area contributed by atoms with E-state index in [1.807, 2.05) is 18.4 Å². The number of rotatable bonds is 6. The molecular formula is C38H46N6O6S. The van der Waals surface area contributed by atoms with Gasteiger partial charge in [-0.2, -0.15) is 0 Å². The van der Waals surface area contributed by atoms with Crippen molar-refractivity contribution < 1.29 is 28.6 Å². The summed E-state index contributed by atoms with van der Waals surface area (Å²) in [6.07, 6.45) is 3.59. The van der Waals surface area contributed by atoms with Crippen LogP contribution >= 0.6 is 11.3 Å². The van der Waals surface area contributed by atoms with E-state index < -0.39 is 29.6 Å². The van der Waals surface area contributed by atoms with Crippen molar-refractivity contribution in [2.24, 2.45) is 5.41 Å². The van der Waals surface area contributed by atoms with Crippen LogP contribution in [0.5, 0.6) is 0 Å². The van der Waals surface area contributed by atoms with Crippen LogP contribution < -0.4 is 10.7 Å². The number of hydrogen-bond acceptors (Lipinski definition) is 10. The summed E-state index contributed by atoms with van der Waals surface area (Å²) in [5.41, 5.74) is 9.56. The van der Waals surface area contributed by atoms with E-state index in [9.17, 15) is 14.4 Å². The molecule has 0 aliphatic carbocycles. The van der Waals surface area contributed by atoms with Crippen LogP contribution in [-0.2, 0) is 48.0 Å². The highest BCUT2D eigenvalue weighted by molar-refractivity contribution is 7.10. The molecule has 4 atom stereocenters. The molecule has 0 unspecified atom stereocenters. The minimum absolute atomic E-state index is 0.180. The summed E-state index contributed by atoms with van der Waals surface area (Å²) in [4.78, 5) is 50.3. The summed E-state index contributed by atoms with van der Waals surface area (Å²) in [7, 11) is 1.69. The zero-order valence-electron chi connectivity index (χ0n) is 29.9. The van der Waals surface area contributed by atoms with E-state index >= 15 is 0 Å². The first-order chi connectivity index (χ1) is 24.6. The number of carbonyl (C=O) groups excluding carboxylic acids is 3. The molecule has 6 bridgehead atoms. The number of hydrogen-bond donors (Lipinski definition) is 2. The van der Waals surface area contributed by atoms with Gasteiger partial charge < -0.3 is 24.1 Å². The minimum atomic E-state index is -0.890. The second-order valence-electron chi connectivity index (χ2n) is 14.4. The number of nitrogens with one attached hydrogen (secondary N) is 2. The van der Waals surface area contributed by atoms with Gasteiger partial charge in [0.25, 0.3) is 5.91 Å². The van der Waals surface area contributed by atoms with Gasteiger partial charge in [0.05, 0.1) is 41.4 Å². The van der Waals surface area contributed by atoms with Crippen LogP contribution in [0.1, 0.15) is 69.3 Å². The van der Waals surface area contributed by atoms with Gasteiger partial charge in [0.2, 0.25) is 5.91 Å². The lowest BCUT2D eigenvalue weighted by Gasteiger charge is -2.36. The van der Waals surface area contributed by atoms with E-state index in [4.69, 9.17) is 24.2 Å². The van der Waals surface area contributed by atoms with Gasteiger partial charge in [-0.3, -0.25) is 24.4 Å². The molecule has 0 spiro atoms. The highest BCUT2D eigenvalue weighted by Gasteiger charge is 2.37. The van der Waals surface area contributed by atoms with Gasteiger partial charge in [0.15, 0.2) is 0 Å². The van der Waals surface area contributed by atoms with Crippen molar-refractivity contribution >= 4 is 40.0 Å². The quantitative estimate of drug-likeness (QED) is 0.265. The lowest BCUT2D eigenvalue weighted by atomic mass is 9.84. The van der Waals surface area contributed by atoms with E-state index in [0.717, 1.165) is 51.2 Å². The number of carbonyl (C=O) groups is 3. The van der Waals surface area contributed by atoms with E-state index in [1.165, 1.54) is 16.3 Å². The number of amides is 2. The molecule has 3 aliphatic rings. The summed E-state index contributed by atoms with van der Waals surface area (Å²) < 4.78 is 19.5. The van der Waals surface area contributed by atoms with Gasteiger partial charge in [-0.05, 0) is 62.9 Å². The topological polar surface area (TPSA) is 137 Å². The maximum atomic E-state index is 14.0. The second-order valence-corrected chi connectivity index (χ2v) is 15.4. The lowest BCUT2D eigenvalue weighted by Crippen LogP contribution is -2.61. The number of aromatic nitrogens is 3. The Balaban J connectivity index is 1.36. The third-order valence-electron chi connectivity index (χ3n) is 10.1. The molecule has 6 heterocycles. The zero-order chi connectivity index (χ0) is 35.9. The molecule has 3 aromatic heterocycles. The van der Waals surface area contributed by atoms with Crippen molar-refractivity contribution in [3.05, 3.63) is 58.2 Å². The Kier molecular flexibility index (Phi) is 9.99. The number of esters is 1. The predicted molar refractivity (Wildman–Crippen MR) is 194 cm³/mol. The Morgan fingerprint density at radius 2 is 2.06 bits per heavy atom. The number of hydrazine groups is 1. The number of pyridine rings is 1. The first-order valence-electron chi connectivity index (χ1n) is 17.8. The maximum Gasteiger partial charge on any atom is 0.324 e. The van der Waals surface area contributed by atoms with Gasteiger partial charge in [0, 0.05) is 72.1 Å². The van der Waals surface area contributed by atoms with Gasteiger partial charge in [-0.25, -0.2) is 10.4 Å². The molecule has 51 heavy (non-hydrogen) atoms. The van der Waals surface area contributed by atoms with Crippen LogP contribution in [0.15, 0.2) is 41.9 Å². The zero-order valence-corrected chi connectivity index (χ0v) is 30.7. The lowest BCUT2D eigenvalue weighted by molar-refractivity contribution is -0.156. The monoisotopic (exact) mass is 714 g/mol. The molecule has 270 valence electrons. The number of nitrogens with zero attached hydrogens (tertiary/aromatic N) is 4. The van der Waals surface area contributed by atoms with Crippen molar-refractivity contribution in [2.75, 3.05) is 26.9 Å². The summed E-state index contributed by atoms with van der Waals surface area (Å²) >= 11 is 1.46. The van der Waals surface area contributed by atoms with Crippen LogP contribution in [0, 0.1) is 5.41 Å². The Hall–Kier alpha value is -4.17. The normalized spacial score (nSPS) is 22.9. The molecular weight excluding hydrogens is 669 g/mol. The fourth-order valence-corrected chi connectivity index (χ4v) is 8.12. The summed E-state index contributed by atoms with van der Waals surface area (Å²) in [6, 6.07) is 8.91. The van der Waals surface area contributed by atoms with Gasteiger partial charge in [-0.1, -0.05) is 19.9 Å².